The summed E-state index contributed by atoms with van der Waals surface area (Å²) in [6.07, 6.45) is 1.22. The molecule has 0 radical (unpaired) electrons. The molecule has 0 bridgehead atoms. The normalized spacial score (nSPS) is 18.4. The molecule has 0 unspecified atom stereocenters. The molecular formula is C29H31ClF2N4O5Si. The average molecular weight is 617 g/mol. The van der Waals surface area contributed by atoms with Gasteiger partial charge in [0.1, 0.15) is 18.2 Å². The monoisotopic (exact) mass is 616 g/mol. The minimum atomic E-state index is -1.45. The number of carbonyl (C=O) groups excluding carboxylic acids is 3. The molecule has 0 saturated carbocycles. The third kappa shape index (κ3) is 5.97. The molecule has 13 heteroatoms. The first kappa shape index (κ1) is 29.9. The summed E-state index contributed by atoms with van der Waals surface area (Å²) in [6, 6.07) is 8.77. The van der Waals surface area contributed by atoms with Gasteiger partial charge in [-0.1, -0.05) is 31.2 Å². The van der Waals surface area contributed by atoms with Crippen molar-refractivity contribution in [1.82, 2.24) is 14.5 Å². The van der Waals surface area contributed by atoms with Crippen LogP contribution in [0.25, 0.3) is 0 Å². The van der Waals surface area contributed by atoms with Crippen LogP contribution >= 0.6 is 11.6 Å². The maximum Gasteiger partial charge on any atom is 0.412 e. The summed E-state index contributed by atoms with van der Waals surface area (Å²) in [4.78, 5) is 45.5. The first-order valence-electron chi connectivity index (χ1n) is 13.6. The van der Waals surface area contributed by atoms with E-state index in [9.17, 15) is 18.8 Å². The molecule has 2 aromatic carbocycles. The molecular weight excluding hydrogens is 586 g/mol. The molecule has 5 rings (SSSR count). The number of piperidine rings is 1. The van der Waals surface area contributed by atoms with Crippen molar-refractivity contribution < 1.29 is 32.6 Å². The zero-order valence-electron chi connectivity index (χ0n) is 23.5. The number of hydrogen-bond donors (Lipinski definition) is 1. The molecule has 0 aliphatic carbocycles. The fraction of sp³-hybridized carbons (Fsp3) is 0.379. The Morgan fingerprint density at radius 3 is 2.62 bits per heavy atom. The van der Waals surface area contributed by atoms with E-state index in [4.69, 9.17) is 21.1 Å². The van der Waals surface area contributed by atoms with Crippen molar-refractivity contribution in [2.45, 2.75) is 50.9 Å². The van der Waals surface area contributed by atoms with Gasteiger partial charge in [0.15, 0.2) is 17.2 Å². The minimum Gasteiger partial charge on any atom is -0.436 e. The highest BCUT2D eigenvalue weighted by molar-refractivity contribution is 6.76. The minimum absolute atomic E-state index is 0.0406. The van der Waals surface area contributed by atoms with E-state index in [0.29, 0.717) is 19.6 Å². The largest absolute Gasteiger partial charge is 0.436 e. The van der Waals surface area contributed by atoms with Gasteiger partial charge in [0.25, 0.3) is 5.91 Å². The molecule has 2 aliphatic heterocycles. The number of imidazole rings is 1. The van der Waals surface area contributed by atoms with E-state index in [2.05, 4.69) is 29.9 Å². The molecule has 2 amide bonds. The zero-order valence-corrected chi connectivity index (χ0v) is 25.3. The second kappa shape index (κ2) is 11.6. The van der Waals surface area contributed by atoms with Crippen molar-refractivity contribution in [1.29, 1.82) is 0 Å². The zero-order chi connectivity index (χ0) is 30.2. The highest BCUT2D eigenvalue weighted by Gasteiger charge is 2.49. The van der Waals surface area contributed by atoms with Crippen molar-refractivity contribution in [3.8, 4) is 0 Å². The van der Waals surface area contributed by atoms with Crippen LogP contribution in [0.2, 0.25) is 30.7 Å². The van der Waals surface area contributed by atoms with E-state index in [0.717, 1.165) is 6.04 Å². The van der Waals surface area contributed by atoms with Crippen molar-refractivity contribution in [2.24, 2.45) is 0 Å². The van der Waals surface area contributed by atoms with E-state index in [1.54, 1.807) is 0 Å². The number of carbonyl (C=O) groups is 3. The Morgan fingerprint density at radius 1 is 1.17 bits per heavy atom. The number of hydrogen-bond acceptors (Lipinski definition) is 6. The second-order valence-corrected chi connectivity index (χ2v) is 17.7. The summed E-state index contributed by atoms with van der Waals surface area (Å²) >= 11 is 6.08. The van der Waals surface area contributed by atoms with E-state index in [-0.39, 0.29) is 53.1 Å². The van der Waals surface area contributed by atoms with Crippen LogP contribution in [0.4, 0.5) is 19.3 Å². The van der Waals surface area contributed by atoms with Crippen molar-refractivity contribution in [3.05, 3.63) is 81.9 Å². The fourth-order valence-electron chi connectivity index (χ4n) is 5.23. The number of rotatable bonds is 8. The molecule has 1 aromatic heterocycles. The van der Waals surface area contributed by atoms with Crippen LogP contribution in [0.3, 0.4) is 0 Å². The van der Waals surface area contributed by atoms with Crippen LogP contribution in [-0.4, -0.2) is 60.0 Å². The molecule has 3 aromatic rings. The van der Waals surface area contributed by atoms with Gasteiger partial charge in [0.2, 0.25) is 5.78 Å². The van der Waals surface area contributed by atoms with Crippen LogP contribution < -0.4 is 5.32 Å². The van der Waals surface area contributed by atoms with Gasteiger partial charge in [-0.05, 0) is 55.3 Å². The van der Waals surface area contributed by atoms with Gasteiger partial charge in [0.05, 0.1) is 29.0 Å². The fourth-order valence-corrected chi connectivity index (χ4v) is 6.15. The number of aromatic nitrogens is 2. The number of anilines is 1. The van der Waals surface area contributed by atoms with Crippen LogP contribution in [0.5, 0.6) is 0 Å². The lowest BCUT2D eigenvalue weighted by molar-refractivity contribution is -0.0422. The summed E-state index contributed by atoms with van der Waals surface area (Å²) in [5, 5.41) is 2.38. The average Bonchev–Trinajstić information content (AvgIpc) is 3.35. The summed E-state index contributed by atoms with van der Waals surface area (Å²) in [7, 11) is -1.42. The van der Waals surface area contributed by atoms with Gasteiger partial charge < -0.3 is 14.4 Å². The number of ketones is 1. The summed E-state index contributed by atoms with van der Waals surface area (Å²) in [5.74, 6) is -2.25. The van der Waals surface area contributed by atoms with Gasteiger partial charge in [-0.25, -0.2) is 18.6 Å². The Morgan fingerprint density at radius 2 is 1.90 bits per heavy atom. The van der Waals surface area contributed by atoms with E-state index in [1.807, 2.05) is 0 Å². The first-order valence-corrected chi connectivity index (χ1v) is 17.7. The van der Waals surface area contributed by atoms with Crippen LogP contribution in [-0.2, 0) is 21.8 Å². The lowest BCUT2D eigenvalue weighted by Gasteiger charge is -2.45. The summed E-state index contributed by atoms with van der Waals surface area (Å²) in [5.41, 5.74) is -0.853. The molecule has 1 saturated heterocycles. The highest BCUT2D eigenvalue weighted by Crippen LogP contribution is 2.45. The molecule has 1 N–H and O–H groups in total. The maximum atomic E-state index is 15.3. The third-order valence-corrected chi connectivity index (χ3v) is 9.41. The lowest BCUT2D eigenvalue weighted by atomic mass is 9.83. The molecule has 1 fully saturated rings. The number of nitrogens with one attached hydrogen (secondary N) is 1. The standard InChI is InChI=1S/C29H31ClF2N4O5Si/c1-42(2,3)14-13-40-17-36-22(15-33-26(36)25(37)18-5-7-19(31)8-6-18)27(38)35-12-4-11-29(16-35)23-21(34-28(39)41-29)10-9-20(30)24(23)32/h5-10,15H,4,11-14,16-17H2,1-3H3,(H,34,39)/t29-/m0/s1. The molecule has 1 atom stereocenters. The van der Waals surface area contributed by atoms with Crippen LogP contribution in [0, 0.1) is 11.6 Å². The Hall–Kier alpha value is -3.61. The molecule has 3 heterocycles. The van der Waals surface area contributed by atoms with E-state index in [1.165, 1.54) is 52.1 Å². The van der Waals surface area contributed by atoms with Crippen molar-refractivity contribution >= 4 is 43.1 Å². The number of likely N-dealkylation sites (tertiary alicyclic amines) is 1. The number of benzene rings is 2. The third-order valence-electron chi connectivity index (χ3n) is 7.42. The topological polar surface area (TPSA) is 103 Å². The smallest absolute Gasteiger partial charge is 0.412 e. The van der Waals surface area contributed by atoms with Gasteiger partial charge >= 0.3 is 6.09 Å². The number of amides is 2. The number of fused-ring (bicyclic) bond motifs is 2. The van der Waals surface area contributed by atoms with E-state index < -0.39 is 43.1 Å². The van der Waals surface area contributed by atoms with Crippen LogP contribution in [0.1, 0.15) is 45.1 Å². The molecule has 42 heavy (non-hydrogen) atoms. The Labute approximate surface area is 247 Å². The molecule has 9 nitrogen and oxygen atoms in total. The molecule has 1 spiro atoms. The van der Waals surface area contributed by atoms with Gasteiger partial charge in [-0.3, -0.25) is 19.5 Å². The second-order valence-electron chi connectivity index (χ2n) is 11.7. The quantitative estimate of drug-likeness (QED) is 0.188. The number of halogens is 3. The van der Waals surface area contributed by atoms with Crippen LogP contribution in [0.15, 0.2) is 42.6 Å². The molecule has 222 valence electrons. The highest BCUT2D eigenvalue weighted by atomic mass is 35.5. The Bertz CT molecular complexity index is 1540. The van der Waals surface area contributed by atoms with Crippen molar-refractivity contribution in [3.63, 3.8) is 0 Å². The van der Waals surface area contributed by atoms with Gasteiger partial charge in [-0.15, -0.1) is 0 Å². The van der Waals surface area contributed by atoms with Gasteiger partial charge in [-0.2, -0.15) is 0 Å². The number of ether oxygens (including phenoxy) is 2. The predicted octanol–water partition coefficient (Wildman–Crippen LogP) is 6.05. The SMILES string of the molecule is C[Si](C)(C)CCOCn1c(C(=O)N2CCC[C@@]3(C2)OC(=O)Nc2ccc(Cl)c(F)c23)cnc1C(=O)c1ccc(F)cc1. The predicted molar refractivity (Wildman–Crippen MR) is 154 cm³/mol. The Balaban J connectivity index is 1.47. The van der Waals surface area contributed by atoms with Crippen molar-refractivity contribution in [2.75, 3.05) is 25.0 Å². The maximum absolute atomic E-state index is 15.3. The first-order chi connectivity index (χ1) is 19.9. The lowest BCUT2D eigenvalue weighted by Crippen LogP contribution is -2.53. The Kier molecular flexibility index (Phi) is 8.23. The summed E-state index contributed by atoms with van der Waals surface area (Å²) < 4.78 is 41.8. The van der Waals surface area contributed by atoms with Gasteiger partial charge in [0, 0.05) is 26.8 Å². The molecule has 2 aliphatic rings. The number of nitrogens with zero attached hydrogens (tertiary/aromatic N) is 3. The summed E-state index contributed by atoms with van der Waals surface area (Å²) in [6.45, 7) is 7.11. The van der Waals surface area contributed by atoms with E-state index >= 15 is 4.39 Å².